The summed E-state index contributed by atoms with van der Waals surface area (Å²) in [7, 11) is 0. The van der Waals surface area contributed by atoms with Crippen molar-refractivity contribution in [2.45, 2.75) is 46.6 Å². The summed E-state index contributed by atoms with van der Waals surface area (Å²) in [6.07, 6.45) is 1.58. The van der Waals surface area contributed by atoms with E-state index in [0.29, 0.717) is 13.1 Å². The molecule has 0 radical (unpaired) electrons. The Labute approximate surface area is 112 Å². The first-order chi connectivity index (χ1) is 8.57. The molecule has 0 rings (SSSR count). The van der Waals surface area contributed by atoms with Gasteiger partial charge in [-0.05, 0) is 25.9 Å². The van der Waals surface area contributed by atoms with E-state index in [0.717, 1.165) is 32.5 Å². The molecular formula is C14H32N2O2. The Morgan fingerprint density at radius 3 is 2.06 bits per heavy atom. The van der Waals surface area contributed by atoms with Crippen molar-refractivity contribution in [2.75, 3.05) is 39.3 Å². The molecule has 3 N–H and O–H groups in total. The molecule has 110 valence electrons. The van der Waals surface area contributed by atoms with Crippen LogP contribution in [0.25, 0.3) is 0 Å². The van der Waals surface area contributed by atoms with Crippen LogP contribution in [0.3, 0.4) is 0 Å². The molecule has 0 saturated heterocycles. The number of hydrogen-bond acceptors (Lipinski definition) is 4. The predicted molar refractivity (Wildman–Crippen MR) is 76.8 cm³/mol. The molecular weight excluding hydrogens is 228 g/mol. The molecule has 0 aliphatic heterocycles. The van der Waals surface area contributed by atoms with Crippen molar-refractivity contribution in [1.29, 1.82) is 0 Å². The van der Waals surface area contributed by atoms with Gasteiger partial charge in [0.2, 0.25) is 0 Å². The van der Waals surface area contributed by atoms with E-state index in [4.69, 9.17) is 0 Å². The number of aliphatic hydroxyl groups is 2. The first-order valence-electron chi connectivity index (χ1n) is 7.29. The highest BCUT2D eigenvalue weighted by atomic mass is 16.3. The van der Waals surface area contributed by atoms with Gasteiger partial charge in [0.15, 0.2) is 0 Å². The van der Waals surface area contributed by atoms with Gasteiger partial charge in [0, 0.05) is 31.7 Å². The highest BCUT2D eigenvalue weighted by Crippen LogP contribution is 2.24. The van der Waals surface area contributed by atoms with Crippen LogP contribution in [0.5, 0.6) is 0 Å². The summed E-state index contributed by atoms with van der Waals surface area (Å²) in [5.41, 5.74) is -0.0328. The summed E-state index contributed by atoms with van der Waals surface area (Å²) in [6, 6.07) is 0. The lowest BCUT2D eigenvalue weighted by Gasteiger charge is -2.30. The number of rotatable bonds is 11. The summed E-state index contributed by atoms with van der Waals surface area (Å²) in [4.78, 5) is 2.21. The van der Waals surface area contributed by atoms with Crippen LogP contribution in [0.4, 0.5) is 0 Å². The monoisotopic (exact) mass is 260 g/mol. The lowest BCUT2D eigenvalue weighted by atomic mass is 9.83. The van der Waals surface area contributed by atoms with E-state index >= 15 is 0 Å². The van der Waals surface area contributed by atoms with Crippen molar-refractivity contribution >= 4 is 0 Å². The molecule has 0 aromatic heterocycles. The van der Waals surface area contributed by atoms with E-state index < -0.39 is 0 Å². The molecule has 18 heavy (non-hydrogen) atoms. The molecule has 0 aromatic rings. The number of likely N-dealkylation sites (N-methyl/N-ethyl adjacent to an activating group) is 1. The predicted octanol–water partition coefficient (Wildman–Crippen LogP) is 1.08. The Kier molecular flexibility index (Phi) is 9.64. The van der Waals surface area contributed by atoms with E-state index in [1.54, 1.807) is 0 Å². The van der Waals surface area contributed by atoms with Gasteiger partial charge < -0.3 is 20.4 Å². The van der Waals surface area contributed by atoms with Gasteiger partial charge in [-0.3, -0.25) is 0 Å². The van der Waals surface area contributed by atoms with E-state index in [2.05, 4.69) is 37.9 Å². The molecule has 1 atom stereocenters. The fourth-order valence-corrected chi connectivity index (χ4v) is 2.13. The minimum Gasteiger partial charge on any atom is -0.396 e. The number of aliphatic hydroxyl groups excluding tert-OH is 2. The van der Waals surface area contributed by atoms with Gasteiger partial charge >= 0.3 is 0 Å². The van der Waals surface area contributed by atoms with Crippen molar-refractivity contribution in [2.24, 2.45) is 5.41 Å². The van der Waals surface area contributed by atoms with Gasteiger partial charge in [0.1, 0.15) is 0 Å². The molecule has 0 aliphatic rings. The third-order valence-electron chi connectivity index (χ3n) is 4.08. The van der Waals surface area contributed by atoms with Crippen molar-refractivity contribution in [1.82, 2.24) is 10.2 Å². The molecule has 0 aliphatic carbocycles. The van der Waals surface area contributed by atoms with Crippen LogP contribution >= 0.6 is 0 Å². The highest BCUT2D eigenvalue weighted by Gasteiger charge is 2.24. The molecule has 1 unspecified atom stereocenters. The first-order valence-corrected chi connectivity index (χ1v) is 7.29. The average Bonchev–Trinajstić information content (AvgIpc) is 2.41. The van der Waals surface area contributed by atoms with Gasteiger partial charge in [0.25, 0.3) is 0 Å². The second kappa shape index (κ2) is 9.73. The molecule has 0 heterocycles. The minimum atomic E-state index is -0.338. The Bertz CT molecular complexity index is 184. The van der Waals surface area contributed by atoms with Crippen molar-refractivity contribution in [3.8, 4) is 0 Å². The SMILES string of the molecule is CCN(CC)CC(O)CNCC(CC)(CC)CO. The number of nitrogens with one attached hydrogen (secondary N) is 1. The van der Waals surface area contributed by atoms with Crippen LogP contribution in [0.15, 0.2) is 0 Å². The molecule has 0 amide bonds. The van der Waals surface area contributed by atoms with Crippen molar-refractivity contribution in [3.05, 3.63) is 0 Å². The van der Waals surface area contributed by atoms with E-state index in [-0.39, 0.29) is 18.1 Å². The van der Waals surface area contributed by atoms with Crippen molar-refractivity contribution < 1.29 is 10.2 Å². The molecule has 0 spiro atoms. The smallest absolute Gasteiger partial charge is 0.0791 e. The maximum Gasteiger partial charge on any atom is 0.0791 e. The van der Waals surface area contributed by atoms with Gasteiger partial charge in [-0.2, -0.15) is 0 Å². The van der Waals surface area contributed by atoms with Crippen LogP contribution in [0.2, 0.25) is 0 Å². The first kappa shape index (κ1) is 17.8. The fourth-order valence-electron chi connectivity index (χ4n) is 2.13. The highest BCUT2D eigenvalue weighted by molar-refractivity contribution is 4.79. The minimum absolute atomic E-state index is 0.0328. The van der Waals surface area contributed by atoms with Gasteiger partial charge in [-0.1, -0.05) is 27.7 Å². The Balaban J connectivity index is 3.95. The summed E-state index contributed by atoms with van der Waals surface area (Å²) in [5.74, 6) is 0. The average molecular weight is 260 g/mol. The third-order valence-corrected chi connectivity index (χ3v) is 4.08. The molecule has 4 nitrogen and oxygen atoms in total. The summed E-state index contributed by atoms with van der Waals surface area (Å²) < 4.78 is 0. The summed E-state index contributed by atoms with van der Waals surface area (Å²) >= 11 is 0. The maximum absolute atomic E-state index is 9.93. The standard InChI is InChI=1S/C14H32N2O2/c1-5-14(6-2,12-17)11-15-9-13(18)10-16(7-3)8-4/h13,15,17-18H,5-12H2,1-4H3. The quantitative estimate of drug-likeness (QED) is 0.520. The van der Waals surface area contributed by atoms with Crippen molar-refractivity contribution in [3.63, 3.8) is 0 Å². The number of nitrogens with zero attached hydrogens (tertiary/aromatic N) is 1. The van der Waals surface area contributed by atoms with Crippen LogP contribution < -0.4 is 5.32 Å². The zero-order valence-electron chi connectivity index (χ0n) is 12.6. The normalized spacial score (nSPS) is 14.2. The number of hydrogen-bond donors (Lipinski definition) is 3. The zero-order valence-corrected chi connectivity index (χ0v) is 12.6. The lowest BCUT2D eigenvalue weighted by molar-refractivity contribution is 0.0917. The van der Waals surface area contributed by atoms with Gasteiger partial charge in [-0.15, -0.1) is 0 Å². The van der Waals surface area contributed by atoms with Gasteiger partial charge in [-0.25, -0.2) is 0 Å². The Morgan fingerprint density at radius 2 is 1.67 bits per heavy atom. The fraction of sp³-hybridized carbons (Fsp3) is 1.00. The molecule has 0 saturated carbocycles. The Hall–Kier alpha value is -0.160. The largest absolute Gasteiger partial charge is 0.396 e. The second-order valence-electron chi connectivity index (χ2n) is 5.14. The van der Waals surface area contributed by atoms with Crippen LogP contribution in [-0.2, 0) is 0 Å². The van der Waals surface area contributed by atoms with Crippen LogP contribution in [-0.4, -0.2) is 60.5 Å². The third kappa shape index (κ3) is 6.14. The van der Waals surface area contributed by atoms with E-state index in [9.17, 15) is 10.2 Å². The molecule has 0 fully saturated rings. The molecule has 4 heteroatoms. The zero-order chi connectivity index (χ0) is 14.0. The lowest BCUT2D eigenvalue weighted by Crippen LogP contribution is -2.43. The van der Waals surface area contributed by atoms with Gasteiger partial charge in [0.05, 0.1) is 6.10 Å². The topological polar surface area (TPSA) is 55.7 Å². The summed E-state index contributed by atoms with van der Waals surface area (Å²) in [5, 5.41) is 22.7. The van der Waals surface area contributed by atoms with E-state index in [1.165, 1.54) is 0 Å². The maximum atomic E-state index is 9.93. The Morgan fingerprint density at radius 1 is 1.11 bits per heavy atom. The molecule has 0 aromatic carbocycles. The second-order valence-corrected chi connectivity index (χ2v) is 5.14. The van der Waals surface area contributed by atoms with E-state index in [1.807, 2.05) is 0 Å². The van der Waals surface area contributed by atoms with Crippen LogP contribution in [0.1, 0.15) is 40.5 Å². The summed E-state index contributed by atoms with van der Waals surface area (Å²) in [6.45, 7) is 12.6. The van der Waals surface area contributed by atoms with Crippen LogP contribution in [0, 0.1) is 5.41 Å². The molecule has 0 bridgehead atoms.